The Labute approximate surface area is 201 Å². The van der Waals surface area contributed by atoms with Crippen LogP contribution < -0.4 is 0 Å². The summed E-state index contributed by atoms with van der Waals surface area (Å²) in [7, 11) is -3.13. The quantitative estimate of drug-likeness (QED) is 0.509. The molecule has 0 aromatic heterocycles. The summed E-state index contributed by atoms with van der Waals surface area (Å²) in [6.07, 6.45) is 7.60. The molecule has 0 spiro atoms. The standard InChI is InChI=1S/C26H43N3O3S/c1-21-5-6-22(2)29(21)13-4-16-32-20-24-7-10-25-19-27(14-15-28(25)18-24)17-23-8-11-26(12-9-23)33(3,30)31/h8-9,11-12,21-22,24-25H,4-7,10,13-20H2,1-3H3. The third-order valence-electron chi connectivity index (χ3n) is 8.04. The lowest BCUT2D eigenvalue weighted by Crippen LogP contribution is -2.56. The minimum atomic E-state index is -3.13. The van der Waals surface area contributed by atoms with Gasteiger partial charge in [-0.15, -0.1) is 0 Å². The molecular formula is C26H43N3O3S. The van der Waals surface area contributed by atoms with Crippen molar-refractivity contribution in [3.63, 3.8) is 0 Å². The van der Waals surface area contributed by atoms with Gasteiger partial charge < -0.3 is 4.74 Å². The number of likely N-dealkylation sites (tertiary alicyclic amines) is 1. The predicted molar refractivity (Wildman–Crippen MR) is 133 cm³/mol. The van der Waals surface area contributed by atoms with Crippen LogP contribution >= 0.6 is 0 Å². The van der Waals surface area contributed by atoms with E-state index in [1.165, 1.54) is 50.6 Å². The fourth-order valence-electron chi connectivity index (χ4n) is 5.99. The number of nitrogens with zero attached hydrogens (tertiary/aromatic N) is 3. The SMILES string of the molecule is CC1CCC(C)N1CCCOCC1CCC2CN(Cc3ccc(S(C)(=O)=O)cc3)CCN2C1. The number of sulfone groups is 1. The average Bonchev–Trinajstić information content (AvgIpc) is 3.10. The van der Waals surface area contributed by atoms with E-state index in [0.29, 0.717) is 16.9 Å². The van der Waals surface area contributed by atoms with Crippen LogP contribution in [0.15, 0.2) is 29.2 Å². The van der Waals surface area contributed by atoms with Crippen molar-refractivity contribution in [3.05, 3.63) is 29.8 Å². The molecule has 0 N–H and O–H groups in total. The molecule has 4 atom stereocenters. The minimum absolute atomic E-state index is 0.400. The van der Waals surface area contributed by atoms with Crippen LogP contribution in [0.3, 0.4) is 0 Å². The monoisotopic (exact) mass is 477 g/mol. The molecule has 4 unspecified atom stereocenters. The van der Waals surface area contributed by atoms with E-state index in [-0.39, 0.29) is 0 Å². The maximum absolute atomic E-state index is 11.7. The summed E-state index contributed by atoms with van der Waals surface area (Å²) >= 11 is 0. The molecule has 0 amide bonds. The molecule has 0 radical (unpaired) electrons. The Morgan fingerprint density at radius 3 is 2.39 bits per heavy atom. The number of benzene rings is 1. The van der Waals surface area contributed by atoms with Crippen LogP contribution in [0.1, 0.15) is 51.5 Å². The number of piperazine rings is 1. The van der Waals surface area contributed by atoms with E-state index in [1.807, 2.05) is 12.1 Å². The number of hydrogen-bond acceptors (Lipinski definition) is 6. The second-order valence-electron chi connectivity index (χ2n) is 10.7. The van der Waals surface area contributed by atoms with Gasteiger partial charge in [-0.2, -0.15) is 0 Å². The maximum Gasteiger partial charge on any atom is 0.175 e. The first-order chi connectivity index (χ1) is 15.8. The first-order valence-corrected chi connectivity index (χ1v) is 14.8. The molecule has 0 saturated carbocycles. The summed E-state index contributed by atoms with van der Waals surface area (Å²) in [5.74, 6) is 0.668. The summed E-state index contributed by atoms with van der Waals surface area (Å²) in [6, 6.07) is 9.51. The zero-order valence-electron chi connectivity index (χ0n) is 20.8. The lowest BCUT2D eigenvalue weighted by molar-refractivity contribution is -0.00335. The van der Waals surface area contributed by atoms with Gasteiger partial charge in [0.2, 0.25) is 0 Å². The third-order valence-corrected chi connectivity index (χ3v) is 9.17. The van der Waals surface area contributed by atoms with Crippen molar-refractivity contribution in [2.24, 2.45) is 5.92 Å². The van der Waals surface area contributed by atoms with E-state index in [0.717, 1.165) is 57.9 Å². The molecule has 3 fully saturated rings. The second-order valence-corrected chi connectivity index (χ2v) is 12.7. The van der Waals surface area contributed by atoms with Crippen LogP contribution in [0.5, 0.6) is 0 Å². The number of fused-ring (bicyclic) bond motifs is 1. The number of ether oxygens (including phenoxy) is 1. The summed E-state index contributed by atoms with van der Waals surface area (Å²) in [6.45, 7) is 13.1. The van der Waals surface area contributed by atoms with E-state index in [9.17, 15) is 8.42 Å². The second kappa shape index (κ2) is 11.2. The average molecular weight is 478 g/mol. The highest BCUT2D eigenvalue weighted by atomic mass is 32.2. The zero-order valence-corrected chi connectivity index (χ0v) is 21.6. The molecule has 0 bridgehead atoms. The highest BCUT2D eigenvalue weighted by Crippen LogP contribution is 2.27. The molecule has 3 saturated heterocycles. The van der Waals surface area contributed by atoms with Crippen LogP contribution in [0, 0.1) is 5.92 Å². The van der Waals surface area contributed by atoms with Gasteiger partial charge >= 0.3 is 0 Å². The van der Waals surface area contributed by atoms with Crippen molar-refractivity contribution in [2.45, 2.75) is 75.5 Å². The van der Waals surface area contributed by atoms with Gasteiger partial charge in [0.15, 0.2) is 9.84 Å². The maximum atomic E-state index is 11.7. The summed E-state index contributed by atoms with van der Waals surface area (Å²) < 4.78 is 29.4. The smallest absolute Gasteiger partial charge is 0.175 e. The van der Waals surface area contributed by atoms with Gasteiger partial charge in [-0.25, -0.2) is 8.42 Å². The Hall–Kier alpha value is -0.990. The van der Waals surface area contributed by atoms with E-state index >= 15 is 0 Å². The number of piperidine rings is 1. The molecule has 6 nitrogen and oxygen atoms in total. The van der Waals surface area contributed by atoms with Gasteiger partial charge in [0.25, 0.3) is 0 Å². The van der Waals surface area contributed by atoms with Crippen molar-refractivity contribution in [1.29, 1.82) is 0 Å². The van der Waals surface area contributed by atoms with Crippen molar-refractivity contribution in [3.8, 4) is 0 Å². The van der Waals surface area contributed by atoms with Crippen molar-refractivity contribution >= 4 is 9.84 Å². The van der Waals surface area contributed by atoms with Gasteiger partial charge in [-0.3, -0.25) is 14.7 Å². The van der Waals surface area contributed by atoms with Gasteiger partial charge in [0.05, 0.1) is 11.5 Å². The fourth-order valence-corrected chi connectivity index (χ4v) is 6.62. The lowest BCUT2D eigenvalue weighted by atomic mass is 9.91. The van der Waals surface area contributed by atoms with Crippen LogP contribution in [-0.4, -0.2) is 93.4 Å². The van der Waals surface area contributed by atoms with Crippen LogP contribution in [0.2, 0.25) is 0 Å². The van der Waals surface area contributed by atoms with Crippen LogP contribution in [0.25, 0.3) is 0 Å². The normalized spacial score (nSPS) is 29.9. The van der Waals surface area contributed by atoms with Gasteiger partial charge in [0.1, 0.15) is 0 Å². The number of hydrogen-bond donors (Lipinski definition) is 0. The zero-order chi connectivity index (χ0) is 23.4. The first-order valence-electron chi connectivity index (χ1n) is 12.9. The molecule has 3 aliphatic rings. The lowest BCUT2D eigenvalue weighted by Gasteiger charge is -2.46. The van der Waals surface area contributed by atoms with Gasteiger partial charge in [-0.1, -0.05) is 12.1 Å². The number of rotatable bonds is 9. The summed E-state index contributed by atoms with van der Waals surface area (Å²) in [4.78, 5) is 8.24. The molecule has 1 aromatic carbocycles. The Morgan fingerprint density at radius 1 is 0.970 bits per heavy atom. The highest BCUT2D eigenvalue weighted by Gasteiger charge is 2.33. The largest absolute Gasteiger partial charge is 0.381 e. The van der Waals surface area contributed by atoms with E-state index in [2.05, 4.69) is 28.5 Å². The molecule has 7 heteroatoms. The van der Waals surface area contributed by atoms with E-state index in [4.69, 9.17) is 4.74 Å². The first kappa shape index (κ1) is 25.1. The van der Waals surface area contributed by atoms with Crippen LogP contribution in [-0.2, 0) is 21.1 Å². The molecule has 33 heavy (non-hydrogen) atoms. The Morgan fingerprint density at radius 2 is 1.70 bits per heavy atom. The Balaban J connectivity index is 1.14. The Kier molecular flexibility index (Phi) is 8.50. The highest BCUT2D eigenvalue weighted by molar-refractivity contribution is 7.90. The predicted octanol–water partition coefficient (Wildman–Crippen LogP) is 3.27. The van der Waals surface area contributed by atoms with Gasteiger partial charge in [-0.05, 0) is 69.6 Å². The molecule has 3 heterocycles. The molecule has 4 rings (SSSR count). The topological polar surface area (TPSA) is 53.1 Å². The van der Waals surface area contributed by atoms with Gasteiger partial charge in [0, 0.05) is 70.3 Å². The van der Waals surface area contributed by atoms with E-state index in [1.54, 1.807) is 12.1 Å². The third kappa shape index (κ3) is 6.79. The van der Waals surface area contributed by atoms with Crippen molar-refractivity contribution < 1.29 is 13.2 Å². The van der Waals surface area contributed by atoms with E-state index < -0.39 is 9.84 Å². The molecule has 0 aliphatic carbocycles. The minimum Gasteiger partial charge on any atom is -0.381 e. The van der Waals surface area contributed by atoms with Crippen LogP contribution in [0.4, 0.5) is 0 Å². The molecule has 3 aliphatic heterocycles. The van der Waals surface area contributed by atoms with Crippen molar-refractivity contribution in [1.82, 2.24) is 14.7 Å². The van der Waals surface area contributed by atoms with Crippen molar-refractivity contribution in [2.75, 3.05) is 52.2 Å². The molecule has 1 aromatic rings. The molecule has 186 valence electrons. The Bertz CT molecular complexity index is 850. The fraction of sp³-hybridized carbons (Fsp3) is 0.769. The summed E-state index contributed by atoms with van der Waals surface area (Å²) in [5.41, 5.74) is 1.19. The molecular weight excluding hydrogens is 434 g/mol. The summed E-state index contributed by atoms with van der Waals surface area (Å²) in [5, 5.41) is 0.